The molecule has 0 bridgehead atoms. The van der Waals surface area contributed by atoms with Crippen LogP contribution in [0, 0.1) is 0 Å². The van der Waals surface area contributed by atoms with Gasteiger partial charge < -0.3 is 15.2 Å². The molecule has 1 heterocycles. The van der Waals surface area contributed by atoms with Gasteiger partial charge >= 0.3 is 6.18 Å². The second kappa shape index (κ2) is 8.69. The Bertz CT molecular complexity index is 979. The van der Waals surface area contributed by atoms with Crippen molar-refractivity contribution in [2.45, 2.75) is 18.5 Å². The number of hydrogen-bond donors (Lipinski definition) is 3. The van der Waals surface area contributed by atoms with Crippen LogP contribution >= 0.6 is 0 Å². The number of halogens is 3. The molecule has 3 rings (SSSR count). The lowest BCUT2D eigenvalue weighted by molar-refractivity contribution is -0.856. The summed E-state index contributed by atoms with van der Waals surface area (Å²) >= 11 is 0. The Morgan fingerprint density at radius 3 is 2.48 bits per heavy atom. The second-order valence-electron chi connectivity index (χ2n) is 7.44. The van der Waals surface area contributed by atoms with Gasteiger partial charge in [0.05, 0.1) is 32.7 Å². The van der Waals surface area contributed by atoms with Crippen molar-refractivity contribution in [3.63, 3.8) is 0 Å². The second-order valence-corrected chi connectivity index (χ2v) is 7.44. The molecule has 29 heavy (non-hydrogen) atoms. The fourth-order valence-corrected chi connectivity index (χ4v) is 3.54. The van der Waals surface area contributed by atoms with Crippen molar-refractivity contribution < 1.29 is 22.9 Å². The molecule has 0 aliphatic heterocycles. The largest absolute Gasteiger partial charge is 0.416 e. The molecule has 3 aromatic rings. The number of alkyl halides is 3. The van der Waals surface area contributed by atoms with E-state index in [1.807, 2.05) is 38.4 Å². The van der Waals surface area contributed by atoms with E-state index in [0.717, 1.165) is 23.5 Å². The van der Waals surface area contributed by atoms with Gasteiger partial charge in [-0.15, -0.1) is 0 Å². The lowest BCUT2D eigenvalue weighted by Crippen LogP contribution is -3.06. The van der Waals surface area contributed by atoms with Crippen molar-refractivity contribution in [2.75, 3.05) is 27.2 Å². The first-order valence-corrected chi connectivity index (χ1v) is 9.55. The maximum absolute atomic E-state index is 13.7. The highest BCUT2D eigenvalue weighted by Crippen LogP contribution is 2.40. The van der Waals surface area contributed by atoms with Crippen LogP contribution in [0.5, 0.6) is 0 Å². The topological polar surface area (TPSA) is 49.3 Å². The van der Waals surface area contributed by atoms with Crippen molar-refractivity contribution in [1.82, 2.24) is 10.3 Å². The van der Waals surface area contributed by atoms with E-state index in [9.17, 15) is 18.0 Å². The maximum atomic E-state index is 13.7. The minimum atomic E-state index is -4.49. The predicted molar refractivity (Wildman–Crippen MR) is 107 cm³/mol. The summed E-state index contributed by atoms with van der Waals surface area (Å²) in [6, 6.07) is 12.9. The molecule has 0 aliphatic rings. The third-order valence-corrected chi connectivity index (χ3v) is 4.97. The molecule has 0 fully saturated rings. The Morgan fingerprint density at radius 1 is 1.07 bits per heavy atom. The van der Waals surface area contributed by atoms with E-state index in [1.54, 1.807) is 12.3 Å². The van der Waals surface area contributed by atoms with Gasteiger partial charge in [-0.05, 0) is 23.3 Å². The Morgan fingerprint density at radius 2 is 1.76 bits per heavy atom. The minimum absolute atomic E-state index is 0.0578. The number of aromatic nitrogens is 1. The van der Waals surface area contributed by atoms with Gasteiger partial charge in [0.2, 0.25) is 5.91 Å². The van der Waals surface area contributed by atoms with Crippen LogP contribution in [0.4, 0.5) is 13.2 Å². The highest BCUT2D eigenvalue weighted by molar-refractivity contribution is 5.86. The van der Waals surface area contributed by atoms with Crippen LogP contribution in [0.25, 0.3) is 10.9 Å². The maximum Gasteiger partial charge on any atom is 0.416 e. The smallest absolute Gasteiger partial charge is 0.361 e. The molecule has 0 aliphatic carbocycles. The Labute approximate surface area is 167 Å². The van der Waals surface area contributed by atoms with E-state index in [1.165, 1.54) is 17.0 Å². The van der Waals surface area contributed by atoms with E-state index < -0.39 is 17.7 Å². The summed E-state index contributed by atoms with van der Waals surface area (Å²) in [6.45, 7) is 1.21. The van der Waals surface area contributed by atoms with Gasteiger partial charge in [-0.2, -0.15) is 13.2 Å². The number of carbonyl (C=O) groups is 1. The first kappa shape index (κ1) is 20.9. The number of carbonyl (C=O) groups excluding carboxylic acids is 1. The highest BCUT2D eigenvalue weighted by atomic mass is 19.4. The van der Waals surface area contributed by atoms with Crippen molar-refractivity contribution >= 4 is 16.8 Å². The Hall–Kier alpha value is -2.80. The molecule has 1 amide bonds. The number of hydrogen-bond acceptors (Lipinski definition) is 1. The summed E-state index contributed by atoms with van der Waals surface area (Å²) in [5.41, 5.74) is 0.915. The van der Waals surface area contributed by atoms with Gasteiger partial charge in [-0.1, -0.05) is 36.4 Å². The fourth-order valence-electron chi connectivity index (χ4n) is 3.54. The number of rotatable bonds is 7. The van der Waals surface area contributed by atoms with Crippen molar-refractivity contribution in [2.24, 2.45) is 0 Å². The van der Waals surface area contributed by atoms with Crippen molar-refractivity contribution in [3.05, 3.63) is 71.4 Å². The van der Waals surface area contributed by atoms with Gasteiger partial charge in [-0.3, -0.25) is 4.79 Å². The standard InChI is InChI=1S/C22H24F3N3O/c1-28(2)12-11-26-21(29)13-17(15-7-3-5-9-19(15)22(23,24)25)18-14-27-20-10-6-4-8-16(18)20/h3-10,14,17,27H,11-13H2,1-2H3,(H,26,29)/p+1/t17-/m0/s1. The summed E-state index contributed by atoms with van der Waals surface area (Å²) in [6.07, 6.45) is -2.84. The molecule has 7 heteroatoms. The molecule has 1 aromatic heterocycles. The van der Waals surface area contributed by atoms with Crippen LogP contribution in [0.2, 0.25) is 0 Å². The highest BCUT2D eigenvalue weighted by Gasteiger charge is 2.36. The zero-order valence-electron chi connectivity index (χ0n) is 16.4. The molecular weight excluding hydrogens is 379 g/mol. The Kier molecular flexibility index (Phi) is 6.27. The lowest BCUT2D eigenvalue weighted by atomic mass is 9.85. The number of benzene rings is 2. The average Bonchev–Trinajstić information content (AvgIpc) is 3.09. The molecule has 0 spiro atoms. The third kappa shape index (κ3) is 4.98. The van der Waals surface area contributed by atoms with Gasteiger partial charge in [0, 0.05) is 29.4 Å². The number of quaternary nitrogens is 1. The van der Waals surface area contributed by atoms with Crippen molar-refractivity contribution in [3.8, 4) is 0 Å². The van der Waals surface area contributed by atoms with E-state index in [2.05, 4.69) is 10.3 Å². The summed E-state index contributed by atoms with van der Waals surface area (Å²) in [7, 11) is 3.95. The molecule has 1 atom stereocenters. The molecule has 0 radical (unpaired) electrons. The van der Waals surface area contributed by atoms with Crippen LogP contribution < -0.4 is 10.2 Å². The van der Waals surface area contributed by atoms with E-state index >= 15 is 0 Å². The van der Waals surface area contributed by atoms with Gasteiger partial charge in [0.15, 0.2) is 0 Å². The normalized spacial score (nSPS) is 13.0. The monoisotopic (exact) mass is 404 g/mol. The minimum Gasteiger partial charge on any atom is -0.361 e. The summed E-state index contributed by atoms with van der Waals surface area (Å²) in [5.74, 6) is -0.978. The zero-order chi connectivity index (χ0) is 21.0. The van der Waals surface area contributed by atoms with Crippen LogP contribution in [-0.4, -0.2) is 38.1 Å². The number of likely N-dealkylation sites (N-methyl/N-ethyl adjacent to an activating group) is 1. The molecule has 0 saturated heterocycles. The Balaban J connectivity index is 2.01. The summed E-state index contributed by atoms with van der Waals surface area (Å²) < 4.78 is 41.0. The third-order valence-electron chi connectivity index (χ3n) is 4.97. The number of para-hydroxylation sites is 1. The number of nitrogens with one attached hydrogen (secondary N) is 3. The van der Waals surface area contributed by atoms with Gasteiger partial charge in [-0.25, -0.2) is 0 Å². The van der Waals surface area contributed by atoms with Gasteiger partial charge in [0.25, 0.3) is 0 Å². The number of aromatic amines is 1. The van der Waals surface area contributed by atoms with Gasteiger partial charge in [0.1, 0.15) is 0 Å². The molecular formula is C22H25F3N3O+. The first-order valence-electron chi connectivity index (χ1n) is 9.55. The fraction of sp³-hybridized carbons (Fsp3) is 0.318. The number of H-pyrrole nitrogens is 1. The van der Waals surface area contributed by atoms with E-state index in [-0.39, 0.29) is 17.9 Å². The molecule has 0 unspecified atom stereocenters. The van der Waals surface area contributed by atoms with E-state index in [0.29, 0.717) is 12.1 Å². The molecule has 0 saturated carbocycles. The molecule has 4 nitrogen and oxygen atoms in total. The molecule has 2 aromatic carbocycles. The first-order chi connectivity index (χ1) is 13.8. The lowest BCUT2D eigenvalue weighted by Gasteiger charge is -2.21. The molecule has 154 valence electrons. The average molecular weight is 404 g/mol. The number of fused-ring (bicyclic) bond motifs is 1. The van der Waals surface area contributed by atoms with Crippen LogP contribution in [0.3, 0.4) is 0 Å². The summed E-state index contributed by atoms with van der Waals surface area (Å²) in [5, 5.41) is 3.65. The van der Waals surface area contributed by atoms with Crippen LogP contribution in [0.15, 0.2) is 54.7 Å². The van der Waals surface area contributed by atoms with Crippen LogP contribution in [0.1, 0.15) is 29.0 Å². The van der Waals surface area contributed by atoms with Crippen molar-refractivity contribution in [1.29, 1.82) is 0 Å². The molecule has 3 N–H and O–H groups in total. The summed E-state index contributed by atoms with van der Waals surface area (Å²) in [4.78, 5) is 16.9. The van der Waals surface area contributed by atoms with Crippen LogP contribution in [-0.2, 0) is 11.0 Å². The SMILES string of the molecule is C[NH+](C)CCNC(=O)C[C@@H](c1ccccc1C(F)(F)F)c1c[nH]c2ccccc12. The predicted octanol–water partition coefficient (Wildman–Crippen LogP) is 2.97. The quantitative estimate of drug-likeness (QED) is 0.557. The number of amides is 1. The zero-order valence-corrected chi connectivity index (χ0v) is 16.4. The van der Waals surface area contributed by atoms with E-state index in [4.69, 9.17) is 0 Å².